The standard InChI is InChI=1S/C12H14N4OS/c13-10-6-11(14)16-12(15-10)18-8-17-7-9-4-2-1-3-5-9/h1-6H,7-8H2,(H4,13,14,15,16). The van der Waals surface area contributed by atoms with E-state index in [0.29, 0.717) is 29.3 Å². The van der Waals surface area contributed by atoms with E-state index in [1.807, 2.05) is 30.3 Å². The molecule has 0 radical (unpaired) electrons. The molecule has 2 rings (SSSR count). The summed E-state index contributed by atoms with van der Waals surface area (Å²) in [5, 5.41) is 0.528. The molecule has 2 aromatic rings. The number of nitrogens with two attached hydrogens (primary N) is 2. The molecule has 0 saturated heterocycles. The van der Waals surface area contributed by atoms with Gasteiger partial charge in [0.1, 0.15) is 17.6 Å². The van der Waals surface area contributed by atoms with Crippen LogP contribution in [0.4, 0.5) is 11.6 Å². The summed E-state index contributed by atoms with van der Waals surface area (Å²) in [6, 6.07) is 11.5. The molecule has 0 amide bonds. The van der Waals surface area contributed by atoms with E-state index in [9.17, 15) is 0 Å². The van der Waals surface area contributed by atoms with Gasteiger partial charge in [-0.15, -0.1) is 0 Å². The zero-order valence-electron chi connectivity index (χ0n) is 9.74. The van der Waals surface area contributed by atoms with Crippen molar-refractivity contribution >= 4 is 23.4 Å². The highest BCUT2D eigenvalue weighted by atomic mass is 32.2. The van der Waals surface area contributed by atoms with Gasteiger partial charge in [-0.05, 0) is 5.56 Å². The van der Waals surface area contributed by atoms with Crippen molar-refractivity contribution in [2.24, 2.45) is 0 Å². The number of thioether (sulfide) groups is 1. The lowest BCUT2D eigenvalue weighted by atomic mass is 10.2. The molecular weight excluding hydrogens is 248 g/mol. The fourth-order valence-corrected chi connectivity index (χ4v) is 1.97. The Balaban J connectivity index is 1.78. The molecule has 0 aliphatic rings. The van der Waals surface area contributed by atoms with Gasteiger partial charge in [0.05, 0.1) is 6.61 Å². The first-order valence-corrected chi connectivity index (χ1v) is 6.37. The van der Waals surface area contributed by atoms with E-state index >= 15 is 0 Å². The number of hydrogen-bond acceptors (Lipinski definition) is 6. The molecule has 0 spiro atoms. The van der Waals surface area contributed by atoms with Crippen LogP contribution < -0.4 is 11.5 Å². The fourth-order valence-electron chi connectivity index (χ4n) is 1.35. The third kappa shape index (κ3) is 3.90. The van der Waals surface area contributed by atoms with Crippen molar-refractivity contribution in [2.75, 3.05) is 17.4 Å². The molecule has 0 atom stereocenters. The van der Waals surface area contributed by atoms with Gasteiger partial charge in [-0.3, -0.25) is 0 Å². The highest BCUT2D eigenvalue weighted by Crippen LogP contribution is 2.16. The number of rotatable bonds is 5. The molecular formula is C12H14N4OS. The van der Waals surface area contributed by atoms with Gasteiger partial charge in [-0.2, -0.15) is 0 Å². The van der Waals surface area contributed by atoms with Crippen LogP contribution in [0.3, 0.4) is 0 Å². The van der Waals surface area contributed by atoms with Crippen molar-refractivity contribution < 1.29 is 4.74 Å². The number of anilines is 2. The van der Waals surface area contributed by atoms with Crippen LogP contribution in [-0.4, -0.2) is 15.9 Å². The summed E-state index contributed by atoms with van der Waals surface area (Å²) in [5.74, 6) is 1.19. The Morgan fingerprint density at radius 3 is 2.39 bits per heavy atom. The van der Waals surface area contributed by atoms with E-state index in [1.165, 1.54) is 17.8 Å². The summed E-state index contributed by atoms with van der Waals surface area (Å²) >= 11 is 1.36. The predicted molar refractivity (Wildman–Crippen MR) is 72.8 cm³/mol. The Hall–Kier alpha value is -1.79. The second-order valence-electron chi connectivity index (χ2n) is 3.60. The van der Waals surface area contributed by atoms with E-state index < -0.39 is 0 Å². The minimum atomic E-state index is 0.369. The van der Waals surface area contributed by atoms with Crippen molar-refractivity contribution in [2.45, 2.75) is 11.8 Å². The third-order valence-corrected chi connectivity index (χ3v) is 2.85. The molecule has 1 aromatic heterocycles. The van der Waals surface area contributed by atoms with Gasteiger partial charge in [0.25, 0.3) is 0 Å². The van der Waals surface area contributed by atoms with Crippen LogP contribution >= 0.6 is 11.8 Å². The fraction of sp³-hybridized carbons (Fsp3) is 0.167. The Labute approximate surface area is 110 Å². The smallest absolute Gasteiger partial charge is 0.193 e. The van der Waals surface area contributed by atoms with Crippen LogP contribution in [0.5, 0.6) is 0 Å². The summed E-state index contributed by atoms with van der Waals surface area (Å²) in [4.78, 5) is 8.10. The molecule has 1 heterocycles. The van der Waals surface area contributed by atoms with Crippen LogP contribution in [0.1, 0.15) is 5.56 Å². The van der Waals surface area contributed by atoms with Crippen LogP contribution in [0.2, 0.25) is 0 Å². The largest absolute Gasteiger partial charge is 0.383 e. The molecule has 0 saturated carbocycles. The van der Waals surface area contributed by atoms with E-state index in [2.05, 4.69) is 9.97 Å². The van der Waals surface area contributed by atoms with E-state index in [4.69, 9.17) is 16.2 Å². The van der Waals surface area contributed by atoms with Gasteiger partial charge in [0.2, 0.25) is 0 Å². The van der Waals surface area contributed by atoms with Crippen molar-refractivity contribution in [3.8, 4) is 0 Å². The van der Waals surface area contributed by atoms with Crippen LogP contribution in [0.25, 0.3) is 0 Å². The molecule has 0 aliphatic carbocycles. The Bertz CT molecular complexity index is 486. The first kappa shape index (κ1) is 12.7. The SMILES string of the molecule is Nc1cc(N)nc(SCOCc2ccccc2)n1. The van der Waals surface area contributed by atoms with Crippen LogP contribution in [0.15, 0.2) is 41.6 Å². The van der Waals surface area contributed by atoms with Gasteiger partial charge in [-0.25, -0.2) is 9.97 Å². The molecule has 6 heteroatoms. The monoisotopic (exact) mass is 262 g/mol. The molecule has 0 aliphatic heterocycles. The van der Waals surface area contributed by atoms with Crippen molar-refractivity contribution in [3.05, 3.63) is 42.0 Å². The lowest BCUT2D eigenvalue weighted by Gasteiger charge is -2.04. The molecule has 5 nitrogen and oxygen atoms in total. The van der Waals surface area contributed by atoms with Crippen molar-refractivity contribution in [1.29, 1.82) is 0 Å². The lowest BCUT2D eigenvalue weighted by Crippen LogP contribution is -2.00. The molecule has 94 valence electrons. The maximum atomic E-state index is 5.57. The zero-order valence-corrected chi connectivity index (χ0v) is 10.6. The summed E-state index contributed by atoms with van der Waals surface area (Å²) in [6.45, 7) is 0.561. The van der Waals surface area contributed by atoms with Gasteiger partial charge in [0, 0.05) is 6.07 Å². The summed E-state index contributed by atoms with van der Waals surface area (Å²) < 4.78 is 5.50. The summed E-state index contributed by atoms with van der Waals surface area (Å²) in [5.41, 5.74) is 12.3. The molecule has 0 bridgehead atoms. The van der Waals surface area contributed by atoms with Gasteiger partial charge >= 0.3 is 0 Å². The van der Waals surface area contributed by atoms with E-state index in [1.54, 1.807) is 0 Å². The second-order valence-corrected chi connectivity index (χ2v) is 4.49. The first-order chi connectivity index (χ1) is 8.74. The number of nitrogen functional groups attached to an aromatic ring is 2. The number of hydrogen-bond donors (Lipinski definition) is 2. The summed E-state index contributed by atoms with van der Waals surface area (Å²) in [6.07, 6.45) is 0. The normalized spacial score (nSPS) is 10.4. The number of ether oxygens (including phenoxy) is 1. The minimum Gasteiger partial charge on any atom is -0.383 e. The highest BCUT2D eigenvalue weighted by molar-refractivity contribution is 7.99. The molecule has 4 N–H and O–H groups in total. The number of aromatic nitrogens is 2. The van der Waals surface area contributed by atoms with Crippen LogP contribution in [-0.2, 0) is 11.3 Å². The highest BCUT2D eigenvalue weighted by Gasteiger charge is 2.01. The number of nitrogens with zero attached hydrogens (tertiary/aromatic N) is 2. The molecule has 18 heavy (non-hydrogen) atoms. The van der Waals surface area contributed by atoms with Gasteiger partial charge in [-0.1, -0.05) is 42.1 Å². The van der Waals surface area contributed by atoms with Crippen molar-refractivity contribution in [3.63, 3.8) is 0 Å². The zero-order chi connectivity index (χ0) is 12.8. The topological polar surface area (TPSA) is 87.1 Å². The molecule has 0 unspecified atom stereocenters. The van der Waals surface area contributed by atoms with E-state index in [0.717, 1.165) is 5.56 Å². The Kier molecular flexibility index (Phi) is 4.38. The number of benzene rings is 1. The maximum Gasteiger partial charge on any atom is 0.193 e. The lowest BCUT2D eigenvalue weighted by molar-refractivity contribution is 0.169. The Morgan fingerprint density at radius 1 is 1.06 bits per heavy atom. The average Bonchev–Trinajstić information content (AvgIpc) is 2.35. The molecule has 1 aromatic carbocycles. The van der Waals surface area contributed by atoms with Crippen molar-refractivity contribution in [1.82, 2.24) is 9.97 Å². The maximum absolute atomic E-state index is 5.57. The minimum absolute atomic E-state index is 0.369. The van der Waals surface area contributed by atoms with E-state index in [-0.39, 0.29) is 0 Å². The third-order valence-electron chi connectivity index (χ3n) is 2.13. The second kappa shape index (κ2) is 6.23. The van der Waals surface area contributed by atoms with Crippen LogP contribution in [0, 0.1) is 0 Å². The quantitative estimate of drug-likeness (QED) is 0.370. The predicted octanol–water partition coefficient (Wildman–Crippen LogP) is 1.91. The van der Waals surface area contributed by atoms with Gasteiger partial charge in [0.15, 0.2) is 5.16 Å². The summed E-state index contributed by atoms with van der Waals surface area (Å²) in [7, 11) is 0. The first-order valence-electron chi connectivity index (χ1n) is 5.38. The molecule has 0 fully saturated rings. The van der Waals surface area contributed by atoms with Gasteiger partial charge < -0.3 is 16.2 Å². The average molecular weight is 262 g/mol. The Morgan fingerprint density at radius 2 is 1.72 bits per heavy atom.